The molecule has 0 spiro atoms. The van der Waals surface area contributed by atoms with Gasteiger partial charge in [0.15, 0.2) is 5.65 Å². The van der Waals surface area contributed by atoms with E-state index in [0.29, 0.717) is 33.3 Å². The molecule has 3 heterocycles. The fraction of sp³-hybridized carbons (Fsp3) is 0.227. The lowest BCUT2D eigenvalue weighted by molar-refractivity contribution is -0.115. The number of fused-ring (bicyclic) bond motifs is 1. The van der Waals surface area contributed by atoms with Crippen molar-refractivity contribution in [3.05, 3.63) is 63.9 Å². The van der Waals surface area contributed by atoms with E-state index in [0.717, 1.165) is 11.1 Å². The number of aryl methyl sites for hydroxylation is 2. The molecule has 4 aromatic rings. The van der Waals surface area contributed by atoms with E-state index in [4.69, 9.17) is 9.47 Å². The van der Waals surface area contributed by atoms with Crippen molar-refractivity contribution in [2.45, 2.75) is 20.0 Å². The number of carbonyl (C=O) groups excluding carboxylic acids is 2. The van der Waals surface area contributed by atoms with Crippen LogP contribution in [-0.4, -0.2) is 38.7 Å². The van der Waals surface area contributed by atoms with E-state index in [9.17, 15) is 9.59 Å². The zero-order valence-corrected chi connectivity index (χ0v) is 18.6. The van der Waals surface area contributed by atoms with Crippen LogP contribution in [0.1, 0.15) is 26.8 Å². The molecule has 9 nitrogen and oxygen atoms in total. The first-order valence-corrected chi connectivity index (χ1v) is 10.6. The monoisotopic (exact) mass is 451 g/mol. The molecule has 4 rings (SSSR count). The number of hydrogen-bond donors (Lipinski definition) is 1. The normalized spacial score (nSPS) is 10.8. The molecule has 1 aromatic carbocycles. The molecule has 0 fully saturated rings. The number of hydrogen-bond acceptors (Lipinski definition) is 8. The summed E-state index contributed by atoms with van der Waals surface area (Å²) >= 11 is 1.33. The minimum atomic E-state index is -0.494. The summed E-state index contributed by atoms with van der Waals surface area (Å²) in [7, 11) is 3.35. The second kappa shape index (κ2) is 9.15. The number of carbonyl (C=O) groups is 2. The minimum Gasteiger partial charge on any atom is -0.495 e. The molecule has 0 saturated heterocycles. The summed E-state index contributed by atoms with van der Waals surface area (Å²) in [6.07, 6.45) is 1.58. The fourth-order valence-corrected chi connectivity index (χ4v) is 4.00. The summed E-state index contributed by atoms with van der Waals surface area (Å²) < 4.78 is 12.3. The topological polar surface area (TPSA) is 108 Å². The van der Waals surface area contributed by atoms with E-state index in [2.05, 4.69) is 20.4 Å². The van der Waals surface area contributed by atoms with Crippen LogP contribution in [0.3, 0.4) is 0 Å². The molecule has 164 valence electrons. The van der Waals surface area contributed by atoms with Gasteiger partial charge in [-0.15, -0.1) is 11.3 Å². The molecule has 0 atom stereocenters. The number of ether oxygens (including phenoxy) is 2. The Hall–Kier alpha value is -3.79. The summed E-state index contributed by atoms with van der Waals surface area (Å²) in [5.41, 5.74) is 3.02. The highest BCUT2D eigenvalue weighted by atomic mass is 32.1. The number of anilines is 1. The van der Waals surface area contributed by atoms with E-state index in [-0.39, 0.29) is 18.9 Å². The van der Waals surface area contributed by atoms with Crippen molar-refractivity contribution in [2.75, 3.05) is 12.4 Å². The molecule has 3 aromatic heterocycles. The Labute approximate surface area is 188 Å². The first-order valence-electron chi connectivity index (χ1n) is 9.77. The second-order valence-corrected chi connectivity index (χ2v) is 7.98. The number of nitrogens with zero attached hydrogens (tertiary/aromatic N) is 4. The van der Waals surface area contributed by atoms with E-state index in [1.165, 1.54) is 17.5 Å². The van der Waals surface area contributed by atoms with E-state index < -0.39 is 5.97 Å². The maximum Gasteiger partial charge on any atom is 0.340 e. The number of nitrogens with one attached hydrogen (secondary N) is 1. The number of methoxy groups -OCH3 is 1. The Balaban J connectivity index is 1.34. The lowest BCUT2D eigenvalue weighted by Crippen LogP contribution is -2.15. The lowest BCUT2D eigenvalue weighted by atomic mass is 10.2. The summed E-state index contributed by atoms with van der Waals surface area (Å²) in [6, 6.07) is 8.91. The number of amides is 1. The summed E-state index contributed by atoms with van der Waals surface area (Å²) in [4.78, 5) is 33.5. The van der Waals surface area contributed by atoms with Gasteiger partial charge in [0.25, 0.3) is 0 Å². The van der Waals surface area contributed by atoms with Crippen molar-refractivity contribution in [3.8, 4) is 5.75 Å². The van der Waals surface area contributed by atoms with Crippen LogP contribution in [0, 0.1) is 6.92 Å². The van der Waals surface area contributed by atoms with Crippen molar-refractivity contribution in [1.82, 2.24) is 19.7 Å². The fourth-order valence-electron chi connectivity index (χ4n) is 3.22. The van der Waals surface area contributed by atoms with Gasteiger partial charge in [-0.3, -0.25) is 9.48 Å². The predicted octanol–water partition coefficient (Wildman–Crippen LogP) is 3.28. The maximum absolute atomic E-state index is 12.4. The molecular formula is C22H21N5O4S. The average Bonchev–Trinajstić information content (AvgIpc) is 3.35. The molecule has 1 amide bonds. The summed E-state index contributed by atoms with van der Waals surface area (Å²) in [5.74, 6) is -0.119. The molecule has 0 bridgehead atoms. The molecule has 32 heavy (non-hydrogen) atoms. The third kappa shape index (κ3) is 4.59. The van der Waals surface area contributed by atoms with E-state index >= 15 is 0 Å². The SMILES string of the molecule is COc1ccccc1NC(=O)Cc1nc(COC(=O)c2cnc3c(c2)c(C)nn3C)cs1. The van der Waals surface area contributed by atoms with Crippen LogP contribution in [0.5, 0.6) is 5.75 Å². The van der Waals surface area contributed by atoms with Crippen molar-refractivity contribution in [1.29, 1.82) is 0 Å². The van der Waals surface area contributed by atoms with Crippen LogP contribution in [0.15, 0.2) is 41.9 Å². The Morgan fingerprint density at radius 1 is 1.25 bits per heavy atom. The number of aromatic nitrogens is 4. The van der Waals surface area contributed by atoms with Gasteiger partial charge in [0, 0.05) is 24.0 Å². The second-order valence-electron chi connectivity index (χ2n) is 7.04. The first-order chi connectivity index (χ1) is 15.4. The Morgan fingerprint density at radius 2 is 2.06 bits per heavy atom. The van der Waals surface area contributed by atoms with Gasteiger partial charge >= 0.3 is 5.97 Å². The number of rotatable bonds is 7. The number of para-hydroxylation sites is 2. The highest BCUT2D eigenvalue weighted by molar-refractivity contribution is 7.09. The van der Waals surface area contributed by atoms with Crippen LogP contribution in [0.25, 0.3) is 11.0 Å². The van der Waals surface area contributed by atoms with Gasteiger partial charge in [-0.05, 0) is 25.1 Å². The third-order valence-electron chi connectivity index (χ3n) is 4.74. The van der Waals surface area contributed by atoms with Gasteiger partial charge in [-0.2, -0.15) is 5.10 Å². The Morgan fingerprint density at radius 3 is 2.88 bits per heavy atom. The Bertz CT molecular complexity index is 1300. The number of pyridine rings is 1. The van der Waals surface area contributed by atoms with Gasteiger partial charge < -0.3 is 14.8 Å². The smallest absolute Gasteiger partial charge is 0.340 e. The van der Waals surface area contributed by atoms with Crippen LogP contribution in [-0.2, 0) is 29.6 Å². The molecular weight excluding hydrogens is 430 g/mol. The standard InChI is InChI=1S/C22H21N5O4S/c1-13-16-8-14(10-23-21(16)27(2)26-13)22(29)31-11-15-12-32-20(24-15)9-19(28)25-17-6-4-5-7-18(17)30-3/h4-8,10,12H,9,11H2,1-3H3,(H,25,28). The molecule has 0 unspecified atom stereocenters. The van der Waals surface area contributed by atoms with E-state index in [1.54, 1.807) is 42.4 Å². The molecule has 1 N–H and O–H groups in total. The van der Waals surface area contributed by atoms with E-state index in [1.807, 2.05) is 19.1 Å². The maximum atomic E-state index is 12.4. The number of thiazole rings is 1. The molecule has 0 saturated carbocycles. The van der Waals surface area contributed by atoms with Gasteiger partial charge in [0.1, 0.15) is 17.4 Å². The van der Waals surface area contributed by atoms with Gasteiger partial charge in [-0.1, -0.05) is 12.1 Å². The van der Waals surface area contributed by atoms with Crippen LogP contribution >= 0.6 is 11.3 Å². The first kappa shape index (κ1) is 21.4. The van der Waals surface area contributed by atoms with Crippen LogP contribution in [0.4, 0.5) is 5.69 Å². The zero-order chi connectivity index (χ0) is 22.7. The largest absolute Gasteiger partial charge is 0.495 e. The van der Waals surface area contributed by atoms with Crippen molar-refractivity contribution in [2.24, 2.45) is 7.05 Å². The molecule has 10 heteroatoms. The highest BCUT2D eigenvalue weighted by Crippen LogP contribution is 2.23. The summed E-state index contributed by atoms with van der Waals surface area (Å²) in [6.45, 7) is 1.87. The summed E-state index contributed by atoms with van der Waals surface area (Å²) in [5, 5.41) is 10.3. The predicted molar refractivity (Wildman–Crippen MR) is 120 cm³/mol. The third-order valence-corrected chi connectivity index (χ3v) is 5.64. The Kier molecular flexibility index (Phi) is 6.13. The zero-order valence-electron chi connectivity index (χ0n) is 17.8. The molecule has 0 aliphatic rings. The van der Waals surface area contributed by atoms with Gasteiger partial charge in [-0.25, -0.2) is 14.8 Å². The van der Waals surface area contributed by atoms with Crippen LogP contribution < -0.4 is 10.1 Å². The molecule has 0 aliphatic carbocycles. The van der Waals surface area contributed by atoms with Gasteiger partial charge in [0.05, 0.1) is 36.2 Å². The van der Waals surface area contributed by atoms with Crippen molar-refractivity contribution in [3.63, 3.8) is 0 Å². The van der Waals surface area contributed by atoms with Gasteiger partial charge in [0.2, 0.25) is 5.91 Å². The lowest BCUT2D eigenvalue weighted by Gasteiger charge is -2.08. The molecule has 0 aliphatic heterocycles. The molecule has 0 radical (unpaired) electrons. The van der Waals surface area contributed by atoms with Crippen LogP contribution in [0.2, 0.25) is 0 Å². The number of esters is 1. The average molecular weight is 452 g/mol. The van der Waals surface area contributed by atoms with Crippen molar-refractivity contribution < 1.29 is 19.1 Å². The number of benzene rings is 1. The highest BCUT2D eigenvalue weighted by Gasteiger charge is 2.15. The quantitative estimate of drug-likeness (QED) is 0.430. The van der Waals surface area contributed by atoms with Crippen molar-refractivity contribution >= 4 is 39.9 Å². The minimum absolute atomic E-state index is 0.00746.